The molecule has 0 unspecified atom stereocenters. The average molecular weight is 384 g/mol. The van der Waals surface area contributed by atoms with Crippen molar-refractivity contribution in [2.75, 3.05) is 0 Å². The lowest BCUT2D eigenvalue weighted by molar-refractivity contribution is -0.144. The standard InChI is InChI=1S/C11H7Br2F3N2/c12-8-3-1-7(2-4-8)6-18-10(11(14,15)16)9(13)5-17-18/h1-5H,6H2. The number of benzene rings is 1. The van der Waals surface area contributed by atoms with Crippen LogP contribution in [-0.2, 0) is 12.7 Å². The maximum absolute atomic E-state index is 12.8. The maximum Gasteiger partial charge on any atom is 0.434 e. The van der Waals surface area contributed by atoms with E-state index in [4.69, 9.17) is 0 Å². The molecule has 18 heavy (non-hydrogen) atoms. The van der Waals surface area contributed by atoms with Gasteiger partial charge in [0.05, 0.1) is 17.2 Å². The van der Waals surface area contributed by atoms with E-state index in [0.717, 1.165) is 20.9 Å². The summed E-state index contributed by atoms with van der Waals surface area (Å²) >= 11 is 6.14. The molecule has 2 nitrogen and oxygen atoms in total. The third-order valence-corrected chi connectivity index (χ3v) is 3.42. The van der Waals surface area contributed by atoms with Gasteiger partial charge in [-0.05, 0) is 33.6 Å². The molecule has 0 spiro atoms. The van der Waals surface area contributed by atoms with Crippen molar-refractivity contribution in [3.8, 4) is 0 Å². The highest BCUT2D eigenvalue weighted by atomic mass is 79.9. The summed E-state index contributed by atoms with van der Waals surface area (Å²) in [6.45, 7) is 0.0771. The Bertz CT molecular complexity index is 546. The molecule has 0 amide bonds. The van der Waals surface area contributed by atoms with Gasteiger partial charge in [0.25, 0.3) is 0 Å². The Morgan fingerprint density at radius 1 is 1.11 bits per heavy atom. The van der Waals surface area contributed by atoms with Gasteiger partial charge in [-0.15, -0.1) is 0 Å². The van der Waals surface area contributed by atoms with Crippen molar-refractivity contribution in [1.29, 1.82) is 0 Å². The first-order valence-electron chi connectivity index (χ1n) is 4.91. The van der Waals surface area contributed by atoms with E-state index in [-0.39, 0.29) is 11.0 Å². The van der Waals surface area contributed by atoms with Gasteiger partial charge in [0.15, 0.2) is 5.69 Å². The first-order valence-corrected chi connectivity index (χ1v) is 6.49. The molecule has 0 aliphatic heterocycles. The van der Waals surface area contributed by atoms with Crippen LogP contribution in [0.1, 0.15) is 11.3 Å². The number of alkyl halides is 3. The van der Waals surface area contributed by atoms with Crippen LogP contribution in [-0.4, -0.2) is 9.78 Å². The zero-order chi connectivity index (χ0) is 13.3. The van der Waals surface area contributed by atoms with Gasteiger partial charge in [0, 0.05) is 4.47 Å². The highest BCUT2D eigenvalue weighted by molar-refractivity contribution is 9.10. The molecule has 0 aliphatic carbocycles. The summed E-state index contributed by atoms with van der Waals surface area (Å²) < 4.78 is 40.2. The summed E-state index contributed by atoms with van der Waals surface area (Å²) in [5, 5.41) is 3.74. The lowest BCUT2D eigenvalue weighted by atomic mass is 10.2. The van der Waals surface area contributed by atoms with E-state index >= 15 is 0 Å². The van der Waals surface area contributed by atoms with Crippen molar-refractivity contribution < 1.29 is 13.2 Å². The maximum atomic E-state index is 12.8. The van der Waals surface area contributed by atoms with Crippen molar-refractivity contribution in [3.05, 3.63) is 50.7 Å². The van der Waals surface area contributed by atoms with Gasteiger partial charge in [0.2, 0.25) is 0 Å². The minimum atomic E-state index is -4.43. The first kappa shape index (κ1) is 13.6. The van der Waals surface area contributed by atoms with Crippen LogP contribution >= 0.6 is 31.9 Å². The number of hydrogen-bond acceptors (Lipinski definition) is 1. The number of hydrogen-bond donors (Lipinski definition) is 0. The fourth-order valence-corrected chi connectivity index (χ4v) is 2.31. The third-order valence-electron chi connectivity index (χ3n) is 2.31. The number of rotatable bonds is 2. The Morgan fingerprint density at radius 2 is 1.72 bits per heavy atom. The van der Waals surface area contributed by atoms with Gasteiger partial charge in [-0.2, -0.15) is 18.3 Å². The summed E-state index contributed by atoms with van der Waals surface area (Å²) in [5.41, 5.74) is -0.0234. The molecule has 0 radical (unpaired) electrons. The average Bonchev–Trinajstić information content (AvgIpc) is 2.63. The Morgan fingerprint density at radius 3 is 2.28 bits per heavy atom. The third kappa shape index (κ3) is 2.95. The zero-order valence-corrected chi connectivity index (χ0v) is 12.1. The molecular formula is C11H7Br2F3N2. The molecule has 2 rings (SSSR count). The van der Waals surface area contributed by atoms with Crippen molar-refractivity contribution in [3.63, 3.8) is 0 Å². The van der Waals surface area contributed by atoms with Crippen molar-refractivity contribution in [1.82, 2.24) is 9.78 Å². The second kappa shape index (κ2) is 5.05. The van der Waals surface area contributed by atoms with E-state index in [1.165, 1.54) is 0 Å². The van der Waals surface area contributed by atoms with E-state index in [9.17, 15) is 13.2 Å². The van der Waals surface area contributed by atoms with Crippen LogP contribution in [0.25, 0.3) is 0 Å². The topological polar surface area (TPSA) is 17.8 Å². The summed E-state index contributed by atoms with van der Waals surface area (Å²) in [7, 11) is 0. The smallest absolute Gasteiger partial charge is 0.255 e. The van der Waals surface area contributed by atoms with Gasteiger partial charge in [-0.25, -0.2) is 0 Å². The Balaban J connectivity index is 2.33. The van der Waals surface area contributed by atoms with Crippen molar-refractivity contribution in [2.24, 2.45) is 0 Å². The summed E-state index contributed by atoms with van der Waals surface area (Å²) in [6.07, 6.45) is -3.27. The van der Waals surface area contributed by atoms with Crippen molar-refractivity contribution in [2.45, 2.75) is 12.7 Å². The molecule has 2 aromatic rings. The summed E-state index contributed by atoms with van der Waals surface area (Å²) in [6, 6.07) is 7.06. The zero-order valence-electron chi connectivity index (χ0n) is 8.88. The van der Waals surface area contributed by atoms with Gasteiger partial charge >= 0.3 is 6.18 Å². The molecule has 0 saturated heterocycles. The van der Waals surface area contributed by atoms with Gasteiger partial charge < -0.3 is 0 Å². The second-order valence-electron chi connectivity index (χ2n) is 3.62. The number of aromatic nitrogens is 2. The van der Waals surface area contributed by atoms with E-state index < -0.39 is 11.9 Å². The fourth-order valence-electron chi connectivity index (χ4n) is 1.53. The van der Waals surface area contributed by atoms with Crippen LogP contribution in [0.3, 0.4) is 0 Å². The molecule has 0 fully saturated rings. The van der Waals surface area contributed by atoms with E-state index in [1.807, 2.05) is 0 Å². The van der Waals surface area contributed by atoms with Crippen LogP contribution in [0.5, 0.6) is 0 Å². The second-order valence-corrected chi connectivity index (χ2v) is 5.39. The van der Waals surface area contributed by atoms with Crippen LogP contribution < -0.4 is 0 Å². The Kier molecular flexibility index (Phi) is 3.82. The largest absolute Gasteiger partial charge is 0.434 e. The normalized spacial score (nSPS) is 11.8. The molecule has 1 aromatic heterocycles. The summed E-state index contributed by atoms with van der Waals surface area (Å²) in [4.78, 5) is 0. The molecule has 0 bridgehead atoms. The molecule has 0 saturated carbocycles. The first-order chi connectivity index (χ1) is 8.38. The minimum absolute atomic E-state index is 0.0490. The molecule has 1 aromatic carbocycles. The monoisotopic (exact) mass is 382 g/mol. The minimum Gasteiger partial charge on any atom is -0.255 e. The molecule has 0 aliphatic rings. The van der Waals surface area contributed by atoms with E-state index in [0.29, 0.717) is 0 Å². The highest BCUT2D eigenvalue weighted by Gasteiger charge is 2.37. The SMILES string of the molecule is FC(F)(F)c1c(Br)cnn1Cc1ccc(Br)cc1. The number of nitrogens with zero attached hydrogens (tertiary/aromatic N) is 2. The molecule has 7 heteroatoms. The number of halogens is 5. The van der Waals surface area contributed by atoms with Crippen LogP contribution in [0.2, 0.25) is 0 Å². The van der Waals surface area contributed by atoms with Crippen LogP contribution in [0, 0.1) is 0 Å². The van der Waals surface area contributed by atoms with Gasteiger partial charge in [0.1, 0.15) is 0 Å². The predicted octanol–water partition coefficient (Wildman–Crippen LogP) is 4.48. The quantitative estimate of drug-likeness (QED) is 0.747. The highest BCUT2D eigenvalue weighted by Crippen LogP contribution is 2.34. The van der Waals surface area contributed by atoms with E-state index in [1.54, 1.807) is 24.3 Å². The Hall–Kier alpha value is -0.820. The molecular weight excluding hydrogens is 377 g/mol. The molecule has 1 heterocycles. The van der Waals surface area contributed by atoms with Crippen molar-refractivity contribution >= 4 is 31.9 Å². The van der Waals surface area contributed by atoms with Crippen LogP contribution in [0.4, 0.5) is 13.2 Å². The molecule has 0 N–H and O–H groups in total. The predicted molar refractivity (Wildman–Crippen MR) is 68.2 cm³/mol. The molecule has 96 valence electrons. The lowest BCUT2D eigenvalue weighted by Crippen LogP contribution is -2.15. The fraction of sp³-hybridized carbons (Fsp3) is 0.182. The summed E-state index contributed by atoms with van der Waals surface area (Å²) in [5.74, 6) is 0. The van der Waals surface area contributed by atoms with E-state index in [2.05, 4.69) is 37.0 Å². The van der Waals surface area contributed by atoms with Gasteiger partial charge in [-0.1, -0.05) is 28.1 Å². The molecule has 0 atom stereocenters. The Labute approximate surface area is 118 Å². The lowest BCUT2D eigenvalue weighted by Gasteiger charge is -2.11. The van der Waals surface area contributed by atoms with Crippen LogP contribution in [0.15, 0.2) is 39.4 Å². The van der Waals surface area contributed by atoms with Gasteiger partial charge in [-0.3, -0.25) is 4.68 Å².